The maximum Gasteiger partial charge on any atom is 0 e. The summed E-state index contributed by atoms with van der Waals surface area (Å²) in [4.78, 5) is 0. The summed E-state index contributed by atoms with van der Waals surface area (Å²) in [5, 5.41) is 0. The number of rotatable bonds is 0. The van der Waals surface area contributed by atoms with Crippen LogP contribution >= 0.6 is 12.4 Å². The Morgan fingerprint density at radius 3 is 0.750 bits per heavy atom. The Labute approximate surface area is 68.5 Å². The zero-order valence-electron chi connectivity index (χ0n) is 4.58. The van der Waals surface area contributed by atoms with E-state index in [0.717, 1.165) is 0 Å². The van der Waals surface area contributed by atoms with Gasteiger partial charge in [0.15, 0.2) is 0 Å². The molecule has 0 nitrogen and oxygen atoms in total. The van der Waals surface area contributed by atoms with Crippen LogP contribution in [0.5, 0.6) is 0 Å². The van der Waals surface area contributed by atoms with Crippen LogP contribution in [-0.4, -0.2) is 0 Å². The molecule has 0 N–H and O–H groups in total. The smallest absolute Gasteiger partial charge is 0 e. The quantitative estimate of drug-likeness (QED) is 0.536. The van der Waals surface area contributed by atoms with E-state index in [1.807, 2.05) is 36.4 Å². The van der Waals surface area contributed by atoms with Crippen LogP contribution < -0.4 is 0 Å². The van der Waals surface area contributed by atoms with Crippen molar-refractivity contribution in [2.45, 2.75) is 0 Å². The molecule has 40 valence electrons. The predicted molar refractivity (Wildman–Crippen MR) is 33.7 cm³/mol. The van der Waals surface area contributed by atoms with E-state index in [0.29, 0.717) is 0 Å². The fourth-order valence-corrected chi connectivity index (χ4v) is 0.385. The normalized spacial score (nSPS) is 6.00. The standard InChI is InChI=1S/C6H6.ClH.Zn/c1-2-4-6-5-3-1;;/h1-6H;1H;. The third kappa shape index (κ3) is 4.30. The molecule has 0 heterocycles. The van der Waals surface area contributed by atoms with Gasteiger partial charge in [-0.05, 0) is 0 Å². The Bertz CT molecular complexity index is 80.5. The second-order valence-electron chi connectivity index (χ2n) is 1.15. The first-order valence-electron chi connectivity index (χ1n) is 2.00. The fraction of sp³-hybridized carbons (Fsp3) is 0. The van der Waals surface area contributed by atoms with E-state index in [1.165, 1.54) is 0 Å². The molecule has 0 aliphatic rings. The summed E-state index contributed by atoms with van der Waals surface area (Å²) < 4.78 is 0. The number of hydrogen-bond donors (Lipinski definition) is 0. The first kappa shape index (κ1) is 11.0. The molecule has 1 aromatic carbocycles. The Morgan fingerprint density at radius 1 is 0.500 bits per heavy atom. The van der Waals surface area contributed by atoms with E-state index in [9.17, 15) is 0 Å². The summed E-state index contributed by atoms with van der Waals surface area (Å²) >= 11 is 0. The van der Waals surface area contributed by atoms with Crippen LogP contribution in [0.25, 0.3) is 0 Å². The molecular formula is C6H7ClZn. The van der Waals surface area contributed by atoms with Gasteiger partial charge < -0.3 is 0 Å². The molecule has 0 aliphatic carbocycles. The van der Waals surface area contributed by atoms with E-state index in [4.69, 9.17) is 0 Å². The zero-order valence-corrected chi connectivity index (χ0v) is 8.36. The van der Waals surface area contributed by atoms with E-state index in [2.05, 4.69) is 0 Å². The number of benzene rings is 1. The minimum Gasteiger partial charge on any atom is -0.147 e. The van der Waals surface area contributed by atoms with Gasteiger partial charge in [0, 0.05) is 19.5 Å². The van der Waals surface area contributed by atoms with Gasteiger partial charge in [-0.25, -0.2) is 0 Å². The maximum atomic E-state index is 2.00. The van der Waals surface area contributed by atoms with E-state index >= 15 is 0 Å². The molecular weight excluding hydrogens is 173 g/mol. The molecule has 0 aliphatic heterocycles. The van der Waals surface area contributed by atoms with Crippen molar-refractivity contribution in [3.8, 4) is 0 Å². The average Bonchev–Trinajstić information content (AvgIpc) is 1.72. The second kappa shape index (κ2) is 7.13. The summed E-state index contributed by atoms with van der Waals surface area (Å²) in [5.74, 6) is 0. The Hall–Kier alpha value is 0.133. The van der Waals surface area contributed by atoms with Gasteiger partial charge in [0.25, 0.3) is 0 Å². The first-order chi connectivity index (χ1) is 3.00. The Morgan fingerprint density at radius 2 is 0.625 bits per heavy atom. The third-order valence-corrected chi connectivity index (χ3v) is 0.667. The SMILES string of the molecule is Cl.[Zn].c1ccccc1. The summed E-state index contributed by atoms with van der Waals surface area (Å²) in [6.45, 7) is 0. The van der Waals surface area contributed by atoms with Gasteiger partial charge in [0.05, 0.1) is 0 Å². The largest absolute Gasteiger partial charge is 0.147 e. The van der Waals surface area contributed by atoms with Gasteiger partial charge in [-0.3, -0.25) is 0 Å². The van der Waals surface area contributed by atoms with Crippen molar-refractivity contribution in [2.24, 2.45) is 0 Å². The van der Waals surface area contributed by atoms with Crippen molar-refractivity contribution in [3.05, 3.63) is 36.4 Å². The monoisotopic (exact) mass is 178 g/mol. The average molecular weight is 180 g/mol. The van der Waals surface area contributed by atoms with E-state index in [-0.39, 0.29) is 31.9 Å². The van der Waals surface area contributed by atoms with Gasteiger partial charge in [-0.2, -0.15) is 0 Å². The van der Waals surface area contributed by atoms with Crippen molar-refractivity contribution in [1.29, 1.82) is 0 Å². The third-order valence-electron chi connectivity index (χ3n) is 0.667. The van der Waals surface area contributed by atoms with Crippen molar-refractivity contribution in [3.63, 3.8) is 0 Å². The molecule has 0 radical (unpaired) electrons. The minimum atomic E-state index is 0. The summed E-state index contributed by atoms with van der Waals surface area (Å²) in [6.07, 6.45) is 0. The molecule has 0 bridgehead atoms. The molecule has 1 rings (SSSR count). The summed E-state index contributed by atoms with van der Waals surface area (Å²) in [7, 11) is 0. The topological polar surface area (TPSA) is 0 Å². The van der Waals surface area contributed by atoms with Gasteiger partial charge in [0.1, 0.15) is 0 Å². The molecule has 0 spiro atoms. The van der Waals surface area contributed by atoms with Crippen LogP contribution in [0.2, 0.25) is 0 Å². The van der Waals surface area contributed by atoms with Gasteiger partial charge in [0.2, 0.25) is 0 Å². The summed E-state index contributed by atoms with van der Waals surface area (Å²) in [6, 6.07) is 12.0. The van der Waals surface area contributed by atoms with Crippen LogP contribution in [0.15, 0.2) is 36.4 Å². The van der Waals surface area contributed by atoms with Crippen molar-refractivity contribution in [2.75, 3.05) is 0 Å². The molecule has 0 saturated carbocycles. The summed E-state index contributed by atoms with van der Waals surface area (Å²) in [5.41, 5.74) is 0. The van der Waals surface area contributed by atoms with Crippen LogP contribution in [0, 0.1) is 0 Å². The molecule has 0 fully saturated rings. The second-order valence-corrected chi connectivity index (χ2v) is 1.15. The number of hydrogen-bond acceptors (Lipinski definition) is 0. The number of halogens is 1. The Kier molecular flexibility index (Phi) is 9.81. The van der Waals surface area contributed by atoms with Gasteiger partial charge in [-0.1, -0.05) is 36.4 Å². The molecule has 2 heteroatoms. The van der Waals surface area contributed by atoms with Crippen molar-refractivity contribution >= 4 is 12.4 Å². The first-order valence-corrected chi connectivity index (χ1v) is 2.00. The molecule has 0 atom stereocenters. The minimum absolute atomic E-state index is 0. The molecule has 0 aromatic heterocycles. The van der Waals surface area contributed by atoms with Crippen molar-refractivity contribution < 1.29 is 19.5 Å². The molecule has 0 amide bonds. The van der Waals surface area contributed by atoms with Crippen LogP contribution in [-0.2, 0) is 19.5 Å². The van der Waals surface area contributed by atoms with Crippen LogP contribution in [0.1, 0.15) is 0 Å². The van der Waals surface area contributed by atoms with Crippen molar-refractivity contribution in [1.82, 2.24) is 0 Å². The van der Waals surface area contributed by atoms with E-state index in [1.54, 1.807) is 0 Å². The zero-order chi connectivity index (χ0) is 4.24. The van der Waals surface area contributed by atoms with Crippen LogP contribution in [0.4, 0.5) is 0 Å². The van der Waals surface area contributed by atoms with E-state index < -0.39 is 0 Å². The molecule has 0 unspecified atom stereocenters. The van der Waals surface area contributed by atoms with Gasteiger partial charge in [-0.15, -0.1) is 12.4 Å². The fourth-order valence-electron chi connectivity index (χ4n) is 0.385. The Balaban J connectivity index is 0. The molecule has 8 heavy (non-hydrogen) atoms. The van der Waals surface area contributed by atoms with Crippen LogP contribution in [0.3, 0.4) is 0 Å². The van der Waals surface area contributed by atoms with Gasteiger partial charge >= 0.3 is 0 Å². The predicted octanol–water partition coefficient (Wildman–Crippen LogP) is 2.11. The molecule has 0 saturated heterocycles. The maximum absolute atomic E-state index is 2.00. The molecule has 1 aromatic rings.